The monoisotopic (exact) mass is 334 g/mol. The highest BCUT2D eigenvalue weighted by Gasteiger charge is 2.15. The largest absolute Gasteiger partial charge is 0.496 e. The van der Waals surface area contributed by atoms with Crippen molar-refractivity contribution in [3.8, 4) is 17.1 Å². The fraction of sp³-hybridized carbons (Fsp3) is 0.400. The number of benzene rings is 1. The quantitative estimate of drug-likeness (QED) is 0.888. The highest BCUT2D eigenvalue weighted by molar-refractivity contribution is 6.30. The first-order chi connectivity index (χ1) is 11.2. The number of nitrogens with two attached hydrogens (primary N) is 1. The number of piperidine rings is 1. The van der Waals surface area contributed by atoms with Crippen LogP contribution in [0.5, 0.6) is 5.75 Å². The number of nitrogens with one attached hydrogen (secondary N) is 1. The maximum absolute atomic E-state index is 6.08. The summed E-state index contributed by atoms with van der Waals surface area (Å²) in [6, 6.07) is 5.27. The van der Waals surface area contributed by atoms with Gasteiger partial charge in [0.05, 0.1) is 12.7 Å². The smallest absolute Gasteiger partial charge is 0.242 e. The first-order valence-corrected chi connectivity index (χ1v) is 7.90. The molecule has 1 saturated heterocycles. The zero-order valence-corrected chi connectivity index (χ0v) is 13.7. The third kappa shape index (κ3) is 3.80. The van der Waals surface area contributed by atoms with Crippen LogP contribution in [-0.2, 0) is 0 Å². The number of anilines is 2. The van der Waals surface area contributed by atoms with E-state index in [0.29, 0.717) is 28.1 Å². The Kier molecular flexibility index (Phi) is 4.78. The van der Waals surface area contributed by atoms with Gasteiger partial charge in [0.1, 0.15) is 5.75 Å². The lowest BCUT2D eigenvalue weighted by atomic mass is 10.2. The average Bonchev–Trinajstić information content (AvgIpc) is 2.55. The standard InChI is InChI=1S/C15H19ClN6O/c1-23-12-6-5-10(16)9-11(12)13-18-14(17)20-15(19-13)21-22-7-3-2-4-8-22/h5-6,9H,2-4,7-8H2,1H3,(H3,17,18,19,20,21). The van der Waals surface area contributed by atoms with Gasteiger partial charge in [-0.2, -0.15) is 15.0 Å². The van der Waals surface area contributed by atoms with Crippen molar-refractivity contribution in [1.29, 1.82) is 0 Å². The number of methoxy groups -OCH3 is 1. The molecule has 3 rings (SSSR count). The van der Waals surface area contributed by atoms with Crippen molar-refractivity contribution in [3.05, 3.63) is 23.2 Å². The first-order valence-electron chi connectivity index (χ1n) is 7.53. The summed E-state index contributed by atoms with van der Waals surface area (Å²) in [6.45, 7) is 1.92. The summed E-state index contributed by atoms with van der Waals surface area (Å²) < 4.78 is 5.35. The molecule has 0 aliphatic carbocycles. The number of halogens is 1. The number of rotatable bonds is 4. The molecule has 0 saturated carbocycles. The van der Waals surface area contributed by atoms with Crippen LogP contribution in [0.25, 0.3) is 11.4 Å². The molecule has 0 amide bonds. The van der Waals surface area contributed by atoms with Crippen LogP contribution in [0.4, 0.5) is 11.9 Å². The summed E-state index contributed by atoms with van der Waals surface area (Å²) in [5, 5.41) is 2.67. The lowest BCUT2D eigenvalue weighted by Crippen LogP contribution is -2.35. The van der Waals surface area contributed by atoms with E-state index in [1.54, 1.807) is 25.3 Å². The molecule has 2 heterocycles. The van der Waals surface area contributed by atoms with Crippen LogP contribution in [0, 0.1) is 0 Å². The van der Waals surface area contributed by atoms with Gasteiger partial charge < -0.3 is 10.5 Å². The van der Waals surface area contributed by atoms with Crippen molar-refractivity contribution in [2.45, 2.75) is 19.3 Å². The molecule has 1 aromatic carbocycles. The second kappa shape index (κ2) is 6.97. The molecular weight excluding hydrogens is 316 g/mol. The van der Waals surface area contributed by atoms with E-state index in [9.17, 15) is 0 Å². The summed E-state index contributed by atoms with van der Waals surface area (Å²) in [7, 11) is 1.59. The molecular formula is C15H19ClN6O. The van der Waals surface area contributed by atoms with E-state index in [0.717, 1.165) is 25.9 Å². The van der Waals surface area contributed by atoms with E-state index in [1.807, 2.05) is 0 Å². The Morgan fingerprint density at radius 1 is 1.17 bits per heavy atom. The first kappa shape index (κ1) is 15.8. The van der Waals surface area contributed by atoms with Crippen molar-refractivity contribution in [2.24, 2.45) is 0 Å². The highest BCUT2D eigenvalue weighted by Crippen LogP contribution is 2.31. The van der Waals surface area contributed by atoms with Crippen molar-refractivity contribution in [2.75, 3.05) is 31.4 Å². The van der Waals surface area contributed by atoms with E-state index >= 15 is 0 Å². The van der Waals surface area contributed by atoms with Crippen molar-refractivity contribution in [1.82, 2.24) is 20.0 Å². The fourth-order valence-corrected chi connectivity index (χ4v) is 2.74. The molecule has 122 valence electrons. The number of nitrogen functional groups attached to an aromatic ring is 1. The van der Waals surface area contributed by atoms with Crippen LogP contribution in [0.3, 0.4) is 0 Å². The summed E-state index contributed by atoms with van der Waals surface area (Å²) in [4.78, 5) is 12.8. The normalized spacial score (nSPS) is 15.4. The van der Waals surface area contributed by atoms with Gasteiger partial charge in [0.15, 0.2) is 5.82 Å². The van der Waals surface area contributed by atoms with E-state index in [2.05, 4.69) is 25.4 Å². The summed E-state index contributed by atoms with van der Waals surface area (Å²) in [5.74, 6) is 1.63. The Labute approximate surface area is 139 Å². The van der Waals surface area contributed by atoms with Gasteiger partial charge in [0.25, 0.3) is 0 Å². The molecule has 23 heavy (non-hydrogen) atoms. The molecule has 8 heteroatoms. The van der Waals surface area contributed by atoms with Gasteiger partial charge in [-0.1, -0.05) is 18.0 Å². The number of hydrazine groups is 1. The molecule has 3 N–H and O–H groups in total. The van der Waals surface area contributed by atoms with Gasteiger partial charge >= 0.3 is 0 Å². The Bertz CT molecular complexity index is 690. The zero-order valence-electron chi connectivity index (χ0n) is 12.9. The molecule has 1 fully saturated rings. The van der Waals surface area contributed by atoms with Crippen LogP contribution in [0.1, 0.15) is 19.3 Å². The average molecular weight is 335 g/mol. The van der Waals surface area contributed by atoms with Crippen LogP contribution in [-0.4, -0.2) is 40.2 Å². The molecule has 2 aromatic rings. The Morgan fingerprint density at radius 3 is 2.70 bits per heavy atom. The highest BCUT2D eigenvalue weighted by atomic mass is 35.5. The summed E-state index contributed by atoms with van der Waals surface area (Å²) in [5.41, 5.74) is 9.71. The topological polar surface area (TPSA) is 89.2 Å². The molecule has 1 aromatic heterocycles. The molecule has 0 bridgehead atoms. The second-order valence-electron chi connectivity index (χ2n) is 5.34. The Balaban J connectivity index is 1.92. The van der Waals surface area contributed by atoms with Gasteiger partial charge in [0.2, 0.25) is 11.9 Å². The number of hydrogen-bond donors (Lipinski definition) is 2. The molecule has 1 aliphatic rings. The number of aromatic nitrogens is 3. The van der Waals surface area contributed by atoms with Gasteiger partial charge in [-0.05, 0) is 31.0 Å². The van der Waals surface area contributed by atoms with Crippen molar-refractivity contribution < 1.29 is 4.74 Å². The molecule has 7 nitrogen and oxygen atoms in total. The third-order valence-corrected chi connectivity index (χ3v) is 3.90. The second-order valence-corrected chi connectivity index (χ2v) is 5.78. The Hall–Kier alpha value is -2.12. The maximum atomic E-state index is 6.08. The van der Waals surface area contributed by atoms with Gasteiger partial charge in [-0.25, -0.2) is 5.01 Å². The Morgan fingerprint density at radius 2 is 1.96 bits per heavy atom. The number of ether oxygens (including phenoxy) is 1. The predicted octanol–water partition coefficient (Wildman–Crippen LogP) is 2.60. The zero-order chi connectivity index (χ0) is 16.2. The summed E-state index contributed by atoms with van der Waals surface area (Å²) >= 11 is 6.08. The molecule has 0 unspecified atom stereocenters. The number of hydrogen-bond acceptors (Lipinski definition) is 7. The third-order valence-electron chi connectivity index (χ3n) is 3.67. The van der Waals surface area contributed by atoms with E-state index in [4.69, 9.17) is 22.1 Å². The lowest BCUT2D eigenvalue weighted by molar-refractivity contribution is 0.271. The van der Waals surface area contributed by atoms with E-state index < -0.39 is 0 Å². The molecule has 0 spiro atoms. The SMILES string of the molecule is COc1ccc(Cl)cc1-c1nc(N)nc(NN2CCCCC2)n1. The minimum atomic E-state index is 0.150. The van der Waals surface area contributed by atoms with Gasteiger partial charge in [-0.3, -0.25) is 5.43 Å². The molecule has 1 aliphatic heterocycles. The maximum Gasteiger partial charge on any atom is 0.242 e. The lowest BCUT2D eigenvalue weighted by Gasteiger charge is -2.26. The van der Waals surface area contributed by atoms with Crippen LogP contribution < -0.4 is 15.9 Å². The van der Waals surface area contributed by atoms with Crippen LogP contribution in [0.2, 0.25) is 5.02 Å². The minimum Gasteiger partial charge on any atom is -0.496 e. The molecule has 0 radical (unpaired) electrons. The predicted molar refractivity (Wildman–Crippen MR) is 90.3 cm³/mol. The van der Waals surface area contributed by atoms with Crippen molar-refractivity contribution >= 4 is 23.5 Å². The molecule has 0 atom stereocenters. The van der Waals surface area contributed by atoms with Crippen molar-refractivity contribution in [3.63, 3.8) is 0 Å². The minimum absolute atomic E-state index is 0.150. The fourth-order valence-electron chi connectivity index (χ4n) is 2.56. The van der Waals surface area contributed by atoms with E-state index in [1.165, 1.54) is 6.42 Å². The van der Waals surface area contributed by atoms with Gasteiger partial charge in [0, 0.05) is 18.1 Å². The van der Waals surface area contributed by atoms with Crippen LogP contribution in [0.15, 0.2) is 18.2 Å². The number of nitrogens with zero attached hydrogens (tertiary/aromatic N) is 4. The van der Waals surface area contributed by atoms with Gasteiger partial charge in [-0.15, -0.1) is 0 Å². The summed E-state index contributed by atoms with van der Waals surface area (Å²) in [6.07, 6.45) is 3.56. The van der Waals surface area contributed by atoms with E-state index in [-0.39, 0.29) is 5.95 Å². The van der Waals surface area contributed by atoms with Crippen LogP contribution >= 0.6 is 11.6 Å².